The van der Waals surface area contributed by atoms with Crippen LogP contribution in [0, 0.1) is 0 Å². The van der Waals surface area contributed by atoms with Crippen LogP contribution < -0.4 is 15.4 Å². The average molecular weight is 356 g/mol. The molecule has 132 valence electrons. The predicted octanol–water partition coefficient (Wildman–Crippen LogP) is 3.84. The van der Waals surface area contributed by atoms with Crippen molar-refractivity contribution in [1.29, 1.82) is 0 Å². The van der Waals surface area contributed by atoms with Crippen LogP contribution in [0.15, 0.2) is 60.7 Å². The highest BCUT2D eigenvalue weighted by Gasteiger charge is 2.20. The highest BCUT2D eigenvalue weighted by atomic mass is 16.5. The third-order valence-electron chi connectivity index (χ3n) is 4.93. The minimum absolute atomic E-state index is 0.0382. The number of ether oxygens (including phenoxy) is 1. The molecule has 2 amide bonds. The molecule has 3 aromatic carbocycles. The fourth-order valence-corrected chi connectivity index (χ4v) is 3.64. The Labute approximate surface area is 156 Å². The van der Waals surface area contributed by atoms with Crippen molar-refractivity contribution in [3.8, 4) is 16.9 Å². The number of amides is 2. The van der Waals surface area contributed by atoms with Gasteiger partial charge in [-0.3, -0.25) is 9.59 Å². The number of carbonyl (C=O) groups is 2. The SMILES string of the molecule is O=C1COc2cc(C(=O)Nc3ccc4c(c3)Cc3ccccc3-4)ccc2N1. The van der Waals surface area contributed by atoms with Crippen LogP contribution in [0.3, 0.4) is 0 Å². The molecule has 5 rings (SSSR count). The second-order valence-corrected chi connectivity index (χ2v) is 6.71. The van der Waals surface area contributed by atoms with Crippen LogP contribution in [-0.4, -0.2) is 18.4 Å². The van der Waals surface area contributed by atoms with Crippen LogP contribution >= 0.6 is 0 Å². The lowest BCUT2D eigenvalue weighted by Crippen LogP contribution is -2.25. The highest BCUT2D eigenvalue weighted by Crippen LogP contribution is 2.37. The molecular formula is C22H16N2O3. The number of rotatable bonds is 2. The highest BCUT2D eigenvalue weighted by molar-refractivity contribution is 6.06. The lowest BCUT2D eigenvalue weighted by atomic mass is 10.1. The summed E-state index contributed by atoms with van der Waals surface area (Å²) < 4.78 is 5.38. The Morgan fingerprint density at radius 1 is 0.963 bits per heavy atom. The zero-order valence-electron chi connectivity index (χ0n) is 14.4. The van der Waals surface area contributed by atoms with Gasteiger partial charge in [-0.2, -0.15) is 0 Å². The summed E-state index contributed by atoms with van der Waals surface area (Å²) >= 11 is 0. The van der Waals surface area contributed by atoms with Crippen molar-refractivity contribution >= 4 is 23.2 Å². The van der Waals surface area contributed by atoms with Gasteiger partial charge in [0.05, 0.1) is 5.69 Å². The fourth-order valence-electron chi connectivity index (χ4n) is 3.64. The van der Waals surface area contributed by atoms with Gasteiger partial charge in [-0.15, -0.1) is 0 Å². The van der Waals surface area contributed by atoms with Crippen LogP contribution in [0.4, 0.5) is 11.4 Å². The molecule has 5 nitrogen and oxygen atoms in total. The van der Waals surface area contributed by atoms with Crippen molar-refractivity contribution in [3.63, 3.8) is 0 Å². The minimum Gasteiger partial charge on any atom is -0.482 e. The third-order valence-corrected chi connectivity index (χ3v) is 4.93. The Kier molecular flexibility index (Phi) is 3.47. The number of anilines is 2. The minimum atomic E-state index is -0.214. The van der Waals surface area contributed by atoms with Gasteiger partial charge in [-0.1, -0.05) is 30.3 Å². The fraction of sp³-hybridized carbons (Fsp3) is 0.0909. The van der Waals surface area contributed by atoms with Gasteiger partial charge in [0.1, 0.15) is 5.75 Å². The Morgan fingerprint density at radius 2 is 1.81 bits per heavy atom. The van der Waals surface area contributed by atoms with Gasteiger partial charge in [0.25, 0.3) is 11.8 Å². The van der Waals surface area contributed by atoms with E-state index in [2.05, 4.69) is 28.8 Å². The standard InChI is InChI=1S/C22H16N2O3/c25-21-12-27-20-11-14(5-8-19(20)24-21)22(26)23-16-6-7-18-15(10-16)9-13-3-1-2-4-17(13)18/h1-8,10-11H,9,12H2,(H,23,26)(H,24,25). The van der Waals surface area contributed by atoms with Crippen molar-refractivity contribution in [2.24, 2.45) is 0 Å². The van der Waals surface area contributed by atoms with E-state index in [1.165, 1.54) is 22.3 Å². The number of hydrogen-bond acceptors (Lipinski definition) is 3. The largest absolute Gasteiger partial charge is 0.482 e. The van der Waals surface area contributed by atoms with Crippen molar-refractivity contribution < 1.29 is 14.3 Å². The monoisotopic (exact) mass is 356 g/mol. The zero-order chi connectivity index (χ0) is 18.4. The molecule has 0 aromatic heterocycles. The van der Waals surface area contributed by atoms with Gasteiger partial charge < -0.3 is 15.4 Å². The van der Waals surface area contributed by atoms with Crippen molar-refractivity contribution in [3.05, 3.63) is 77.4 Å². The first-order valence-electron chi connectivity index (χ1n) is 8.77. The number of nitrogens with one attached hydrogen (secondary N) is 2. The van der Waals surface area contributed by atoms with Crippen molar-refractivity contribution in [1.82, 2.24) is 0 Å². The molecule has 0 saturated carbocycles. The third kappa shape index (κ3) is 2.73. The molecule has 2 aliphatic rings. The van der Waals surface area contributed by atoms with Gasteiger partial charge in [0, 0.05) is 11.3 Å². The number of hydrogen-bond donors (Lipinski definition) is 2. The summed E-state index contributed by atoms with van der Waals surface area (Å²) in [6.45, 7) is -0.0382. The molecule has 1 aliphatic heterocycles. The van der Waals surface area contributed by atoms with E-state index < -0.39 is 0 Å². The van der Waals surface area contributed by atoms with E-state index >= 15 is 0 Å². The van der Waals surface area contributed by atoms with Crippen LogP contribution in [0.5, 0.6) is 5.75 Å². The van der Waals surface area contributed by atoms with E-state index in [1.807, 2.05) is 24.3 Å². The van der Waals surface area contributed by atoms with Gasteiger partial charge in [-0.25, -0.2) is 0 Å². The number of fused-ring (bicyclic) bond motifs is 4. The van der Waals surface area contributed by atoms with E-state index in [1.54, 1.807) is 18.2 Å². The molecule has 0 fully saturated rings. The molecule has 0 bridgehead atoms. The molecular weight excluding hydrogens is 340 g/mol. The first kappa shape index (κ1) is 15.6. The summed E-state index contributed by atoms with van der Waals surface area (Å²) in [4.78, 5) is 24.0. The van der Waals surface area contributed by atoms with Gasteiger partial charge >= 0.3 is 0 Å². The molecule has 1 aliphatic carbocycles. The van der Waals surface area contributed by atoms with Crippen molar-refractivity contribution in [2.45, 2.75) is 6.42 Å². The maximum atomic E-state index is 12.6. The molecule has 27 heavy (non-hydrogen) atoms. The van der Waals surface area contributed by atoms with E-state index in [-0.39, 0.29) is 18.4 Å². The van der Waals surface area contributed by atoms with Gasteiger partial charge in [0.15, 0.2) is 6.61 Å². The molecule has 5 heteroatoms. The van der Waals surface area contributed by atoms with Crippen LogP contribution in [0.1, 0.15) is 21.5 Å². The summed E-state index contributed by atoms with van der Waals surface area (Å²) in [6.07, 6.45) is 0.877. The maximum Gasteiger partial charge on any atom is 0.262 e. The van der Waals surface area contributed by atoms with Crippen LogP contribution in [0.2, 0.25) is 0 Å². The predicted molar refractivity (Wildman–Crippen MR) is 103 cm³/mol. The first-order chi connectivity index (χ1) is 13.2. The summed E-state index contributed by atoms with van der Waals surface area (Å²) in [6, 6.07) is 19.4. The van der Waals surface area contributed by atoms with Gasteiger partial charge in [-0.05, 0) is 59.0 Å². The van der Waals surface area contributed by atoms with E-state index in [0.717, 1.165) is 12.1 Å². The van der Waals surface area contributed by atoms with Crippen molar-refractivity contribution in [2.75, 3.05) is 17.2 Å². The van der Waals surface area contributed by atoms with E-state index in [9.17, 15) is 9.59 Å². The molecule has 0 spiro atoms. The molecule has 0 radical (unpaired) electrons. The normalized spacial score (nSPS) is 13.7. The average Bonchev–Trinajstić information content (AvgIpc) is 3.05. The number of benzene rings is 3. The second kappa shape index (κ2) is 5.99. The summed E-state index contributed by atoms with van der Waals surface area (Å²) in [5, 5.41) is 5.67. The lowest BCUT2D eigenvalue weighted by molar-refractivity contribution is -0.118. The smallest absolute Gasteiger partial charge is 0.262 e. The van der Waals surface area contributed by atoms with Gasteiger partial charge in [0.2, 0.25) is 0 Å². The summed E-state index contributed by atoms with van der Waals surface area (Å²) in [5.74, 6) is 0.0965. The molecule has 3 aromatic rings. The Bertz CT molecular complexity index is 1100. The first-order valence-corrected chi connectivity index (χ1v) is 8.77. The second-order valence-electron chi connectivity index (χ2n) is 6.71. The molecule has 0 atom stereocenters. The maximum absolute atomic E-state index is 12.6. The Hall–Kier alpha value is -3.60. The Balaban J connectivity index is 1.38. The van der Waals surface area contributed by atoms with E-state index in [0.29, 0.717) is 17.0 Å². The summed E-state index contributed by atoms with van der Waals surface area (Å²) in [7, 11) is 0. The van der Waals surface area contributed by atoms with E-state index in [4.69, 9.17) is 4.74 Å². The topological polar surface area (TPSA) is 67.4 Å². The molecule has 1 heterocycles. The van der Waals surface area contributed by atoms with Crippen LogP contribution in [-0.2, 0) is 11.2 Å². The molecule has 2 N–H and O–H groups in total. The van der Waals surface area contributed by atoms with Crippen LogP contribution in [0.25, 0.3) is 11.1 Å². The number of carbonyl (C=O) groups excluding carboxylic acids is 2. The molecule has 0 unspecified atom stereocenters. The lowest BCUT2D eigenvalue weighted by Gasteiger charge is -2.18. The summed E-state index contributed by atoms with van der Waals surface area (Å²) in [5.41, 5.74) is 6.83. The quantitative estimate of drug-likeness (QED) is 0.573. The zero-order valence-corrected chi connectivity index (χ0v) is 14.4. The molecule has 0 saturated heterocycles. The Morgan fingerprint density at radius 3 is 2.74 bits per heavy atom.